The van der Waals surface area contributed by atoms with E-state index in [-0.39, 0.29) is 5.91 Å². The molecule has 1 unspecified atom stereocenters. The summed E-state index contributed by atoms with van der Waals surface area (Å²) in [5.74, 6) is 1.10. The van der Waals surface area contributed by atoms with Gasteiger partial charge in [0.25, 0.3) is 5.91 Å². The minimum atomic E-state index is -0.638. The van der Waals surface area contributed by atoms with Crippen molar-refractivity contribution in [1.82, 2.24) is 9.38 Å². The summed E-state index contributed by atoms with van der Waals surface area (Å²) in [6.07, 6.45) is 1.26. The summed E-state index contributed by atoms with van der Waals surface area (Å²) in [6.45, 7) is 3.75. The van der Waals surface area contributed by atoms with Crippen molar-refractivity contribution in [2.75, 3.05) is 5.32 Å². The van der Waals surface area contributed by atoms with E-state index in [9.17, 15) is 4.79 Å². The molecule has 0 saturated heterocycles. The quantitative estimate of drug-likeness (QED) is 0.545. The molecule has 27 heavy (non-hydrogen) atoms. The highest BCUT2D eigenvalue weighted by molar-refractivity contribution is 7.15. The zero-order valence-electron chi connectivity index (χ0n) is 15.0. The predicted octanol–water partition coefficient (Wildman–Crippen LogP) is 4.78. The Morgan fingerprint density at radius 3 is 2.63 bits per heavy atom. The Labute approximate surface area is 161 Å². The summed E-state index contributed by atoms with van der Waals surface area (Å²) in [5.41, 5.74) is 2.85. The molecule has 4 aromatic rings. The van der Waals surface area contributed by atoms with Gasteiger partial charge in [0, 0.05) is 17.1 Å². The number of carbonyl (C=O) groups excluding carboxylic acids is 1. The van der Waals surface area contributed by atoms with E-state index in [4.69, 9.17) is 4.74 Å². The third-order valence-electron chi connectivity index (χ3n) is 4.25. The molecule has 1 amide bonds. The number of nitrogens with one attached hydrogen (secondary N) is 1. The van der Waals surface area contributed by atoms with Gasteiger partial charge in [-0.15, -0.1) is 11.3 Å². The lowest BCUT2D eigenvalue weighted by atomic mass is 10.1. The Bertz CT molecular complexity index is 1070. The summed E-state index contributed by atoms with van der Waals surface area (Å²) in [7, 11) is 0. The van der Waals surface area contributed by atoms with Crippen LogP contribution in [0.4, 0.5) is 5.82 Å². The molecule has 4 rings (SSSR count). The van der Waals surface area contributed by atoms with Gasteiger partial charge in [-0.05, 0) is 26.0 Å². The van der Waals surface area contributed by atoms with Gasteiger partial charge in [-0.25, -0.2) is 4.98 Å². The monoisotopic (exact) mass is 377 g/mol. The van der Waals surface area contributed by atoms with Gasteiger partial charge in [0.1, 0.15) is 17.3 Å². The molecule has 6 heteroatoms. The zero-order chi connectivity index (χ0) is 18.8. The Morgan fingerprint density at radius 2 is 1.89 bits per heavy atom. The maximum Gasteiger partial charge on any atom is 0.266 e. The maximum atomic E-state index is 12.8. The van der Waals surface area contributed by atoms with Gasteiger partial charge >= 0.3 is 0 Å². The zero-order valence-corrected chi connectivity index (χ0v) is 15.9. The molecule has 2 aromatic heterocycles. The van der Waals surface area contributed by atoms with E-state index < -0.39 is 6.10 Å². The summed E-state index contributed by atoms with van der Waals surface area (Å²) in [4.78, 5) is 18.3. The van der Waals surface area contributed by atoms with Crippen LogP contribution in [0.5, 0.6) is 5.75 Å². The molecule has 0 aliphatic heterocycles. The van der Waals surface area contributed by atoms with E-state index in [1.54, 1.807) is 6.92 Å². The molecule has 0 radical (unpaired) electrons. The molecule has 5 nitrogen and oxygen atoms in total. The number of anilines is 1. The first-order valence-corrected chi connectivity index (χ1v) is 9.55. The third kappa shape index (κ3) is 3.57. The van der Waals surface area contributed by atoms with Gasteiger partial charge in [-0.3, -0.25) is 9.20 Å². The van der Waals surface area contributed by atoms with Gasteiger partial charge in [-0.1, -0.05) is 48.0 Å². The third-order valence-corrected chi connectivity index (χ3v) is 5.01. The second-order valence-electron chi connectivity index (χ2n) is 6.29. The molecule has 0 saturated carbocycles. The first-order valence-electron chi connectivity index (χ1n) is 8.67. The highest BCUT2D eigenvalue weighted by Gasteiger charge is 2.21. The molecule has 136 valence electrons. The summed E-state index contributed by atoms with van der Waals surface area (Å²) < 4.78 is 7.67. The number of thiazole rings is 1. The van der Waals surface area contributed by atoms with Crippen LogP contribution in [-0.4, -0.2) is 21.4 Å². The molecule has 1 atom stereocenters. The van der Waals surface area contributed by atoms with E-state index in [2.05, 4.69) is 10.3 Å². The minimum Gasteiger partial charge on any atom is -0.481 e. The lowest BCUT2D eigenvalue weighted by Gasteiger charge is -2.15. The lowest BCUT2D eigenvalue weighted by Crippen LogP contribution is -2.30. The molecular weight excluding hydrogens is 358 g/mol. The Balaban J connectivity index is 1.59. The number of hydrogen-bond donors (Lipinski definition) is 1. The van der Waals surface area contributed by atoms with Gasteiger partial charge in [0.05, 0.1) is 0 Å². The van der Waals surface area contributed by atoms with Gasteiger partial charge in [0.15, 0.2) is 11.1 Å². The second-order valence-corrected chi connectivity index (χ2v) is 7.17. The van der Waals surface area contributed by atoms with E-state index in [0.29, 0.717) is 11.6 Å². The molecule has 1 N–H and O–H groups in total. The Kier molecular flexibility index (Phi) is 4.64. The summed E-state index contributed by atoms with van der Waals surface area (Å²) in [5, 5.41) is 4.94. The molecule has 0 aliphatic rings. The van der Waals surface area contributed by atoms with Crippen molar-refractivity contribution in [3.05, 3.63) is 71.7 Å². The van der Waals surface area contributed by atoms with Crippen molar-refractivity contribution in [1.29, 1.82) is 0 Å². The van der Waals surface area contributed by atoms with E-state index in [1.807, 2.05) is 77.5 Å². The number of nitrogens with zero attached hydrogens (tertiary/aromatic N) is 2. The van der Waals surface area contributed by atoms with Crippen molar-refractivity contribution in [2.45, 2.75) is 20.0 Å². The van der Waals surface area contributed by atoms with Crippen molar-refractivity contribution in [3.8, 4) is 17.0 Å². The maximum absolute atomic E-state index is 12.8. The first kappa shape index (κ1) is 17.3. The van der Waals surface area contributed by atoms with Crippen LogP contribution in [0.15, 0.2) is 66.2 Å². The smallest absolute Gasteiger partial charge is 0.266 e. The SMILES string of the molecule is Cc1ccc(OC(C)C(=O)Nc2c(-c3ccccc3)nc3sccn23)cc1. The molecular formula is C21H19N3O2S. The number of aryl methyl sites for hydroxylation is 1. The second kappa shape index (κ2) is 7.25. The standard InChI is InChI=1S/C21H19N3O2S/c1-14-8-10-17(11-9-14)26-15(2)20(25)23-19-18(16-6-4-3-5-7-16)22-21-24(19)12-13-27-21/h3-13,15H,1-2H3,(H,23,25). The van der Waals surface area contributed by atoms with Crippen LogP contribution in [0, 0.1) is 6.92 Å². The molecule has 0 spiro atoms. The number of benzene rings is 2. The molecule has 2 aromatic carbocycles. The number of ether oxygens (including phenoxy) is 1. The Hall–Kier alpha value is -3.12. The van der Waals surface area contributed by atoms with Crippen molar-refractivity contribution in [3.63, 3.8) is 0 Å². The number of aromatic nitrogens is 2. The van der Waals surface area contributed by atoms with Crippen LogP contribution >= 0.6 is 11.3 Å². The van der Waals surface area contributed by atoms with Crippen LogP contribution in [0.1, 0.15) is 12.5 Å². The average Bonchev–Trinajstić information content (AvgIpc) is 3.27. The van der Waals surface area contributed by atoms with E-state index in [0.717, 1.165) is 21.8 Å². The van der Waals surface area contributed by atoms with Crippen molar-refractivity contribution in [2.24, 2.45) is 0 Å². The van der Waals surface area contributed by atoms with Gasteiger partial charge in [-0.2, -0.15) is 0 Å². The molecule has 0 bridgehead atoms. The largest absolute Gasteiger partial charge is 0.481 e. The summed E-state index contributed by atoms with van der Waals surface area (Å²) in [6, 6.07) is 17.5. The number of carbonyl (C=O) groups is 1. The highest BCUT2D eigenvalue weighted by Crippen LogP contribution is 2.30. The number of fused-ring (bicyclic) bond motifs is 1. The normalized spacial score (nSPS) is 12.1. The van der Waals surface area contributed by atoms with Gasteiger partial charge in [0.2, 0.25) is 0 Å². The van der Waals surface area contributed by atoms with Crippen LogP contribution in [0.2, 0.25) is 0 Å². The van der Waals surface area contributed by atoms with Crippen molar-refractivity contribution >= 4 is 28.0 Å². The molecule has 2 heterocycles. The lowest BCUT2D eigenvalue weighted by molar-refractivity contribution is -0.122. The van der Waals surface area contributed by atoms with Crippen LogP contribution in [0.25, 0.3) is 16.2 Å². The Morgan fingerprint density at radius 1 is 1.15 bits per heavy atom. The average molecular weight is 377 g/mol. The van der Waals surface area contributed by atoms with Crippen LogP contribution in [0.3, 0.4) is 0 Å². The molecule has 0 aliphatic carbocycles. The van der Waals surface area contributed by atoms with Crippen molar-refractivity contribution < 1.29 is 9.53 Å². The number of hydrogen-bond acceptors (Lipinski definition) is 4. The number of amides is 1. The number of imidazole rings is 1. The van der Waals surface area contributed by atoms with E-state index in [1.165, 1.54) is 11.3 Å². The molecule has 0 fully saturated rings. The van der Waals surface area contributed by atoms with Crippen LogP contribution < -0.4 is 10.1 Å². The highest BCUT2D eigenvalue weighted by atomic mass is 32.1. The first-order chi connectivity index (χ1) is 13.1. The van der Waals surface area contributed by atoms with E-state index >= 15 is 0 Å². The fraction of sp³-hybridized carbons (Fsp3) is 0.143. The van der Waals surface area contributed by atoms with Gasteiger partial charge < -0.3 is 10.1 Å². The topological polar surface area (TPSA) is 55.6 Å². The number of rotatable bonds is 5. The fourth-order valence-electron chi connectivity index (χ4n) is 2.80. The predicted molar refractivity (Wildman–Crippen MR) is 108 cm³/mol. The van der Waals surface area contributed by atoms with Crippen LogP contribution in [-0.2, 0) is 4.79 Å². The minimum absolute atomic E-state index is 0.222. The fourth-order valence-corrected chi connectivity index (χ4v) is 3.51. The summed E-state index contributed by atoms with van der Waals surface area (Å²) >= 11 is 1.53.